The summed E-state index contributed by atoms with van der Waals surface area (Å²) < 4.78 is 0. The molecule has 0 saturated heterocycles. The number of hydrogen-bond acceptors (Lipinski definition) is 2. The molecular formula is C11H19NO. The Balaban J connectivity index is 1.81. The Labute approximate surface area is 80.0 Å². The maximum absolute atomic E-state index is 9.57. The third kappa shape index (κ3) is 2.12. The van der Waals surface area contributed by atoms with Crippen molar-refractivity contribution in [2.45, 2.75) is 38.3 Å². The molecule has 0 aliphatic heterocycles. The first-order chi connectivity index (χ1) is 6.04. The molecule has 0 heterocycles. The largest absolute Gasteiger partial charge is 0.389 e. The average molecular weight is 181 g/mol. The molecule has 13 heavy (non-hydrogen) atoms. The molecule has 2 nitrogen and oxygen atoms in total. The van der Waals surface area contributed by atoms with Gasteiger partial charge in [-0.2, -0.15) is 0 Å². The molecular weight excluding hydrogens is 162 g/mol. The zero-order valence-corrected chi connectivity index (χ0v) is 8.46. The van der Waals surface area contributed by atoms with Crippen LogP contribution >= 0.6 is 0 Å². The summed E-state index contributed by atoms with van der Waals surface area (Å²) in [7, 11) is 0. The van der Waals surface area contributed by atoms with Gasteiger partial charge in [-0.3, -0.25) is 0 Å². The second kappa shape index (κ2) is 3.10. The average Bonchev–Trinajstić information content (AvgIpc) is 2.58. The van der Waals surface area contributed by atoms with E-state index in [0.29, 0.717) is 12.6 Å². The summed E-state index contributed by atoms with van der Waals surface area (Å²) in [5.74, 6) is 1.54. The van der Waals surface area contributed by atoms with Gasteiger partial charge in [0.05, 0.1) is 5.60 Å². The highest BCUT2D eigenvalue weighted by Crippen LogP contribution is 2.38. The van der Waals surface area contributed by atoms with Crippen LogP contribution in [0, 0.1) is 11.8 Å². The summed E-state index contributed by atoms with van der Waals surface area (Å²) in [4.78, 5) is 0. The lowest BCUT2D eigenvalue weighted by atomic mass is 10.0. The number of rotatable bonds is 3. The fraction of sp³-hybridized carbons (Fsp3) is 0.818. The van der Waals surface area contributed by atoms with Crippen molar-refractivity contribution in [3.8, 4) is 0 Å². The van der Waals surface area contributed by atoms with Crippen molar-refractivity contribution in [3.05, 3.63) is 12.2 Å². The van der Waals surface area contributed by atoms with Gasteiger partial charge in [0.1, 0.15) is 0 Å². The van der Waals surface area contributed by atoms with Crippen LogP contribution in [0.25, 0.3) is 0 Å². The summed E-state index contributed by atoms with van der Waals surface area (Å²) in [6.45, 7) is 4.40. The normalized spacial score (nSPS) is 37.3. The smallest absolute Gasteiger partial charge is 0.0715 e. The first-order valence-corrected chi connectivity index (χ1v) is 5.19. The molecule has 0 aromatic heterocycles. The molecule has 0 spiro atoms. The monoisotopic (exact) mass is 181 g/mol. The van der Waals surface area contributed by atoms with E-state index < -0.39 is 5.60 Å². The second-order valence-corrected chi connectivity index (χ2v) is 5.08. The Morgan fingerprint density at radius 1 is 1.38 bits per heavy atom. The van der Waals surface area contributed by atoms with Gasteiger partial charge in [-0.1, -0.05) is 12.2 Å². The number of nitrogens with one attached hydrogen (secondary N) is 1. The van der Waals surface area contributed by atoms with Crippen LogP contribution < -0.4 is 5.32 Å². The zero-order valence-electron chi connectivity index (χ0n) is 8.46. The highest BCUT2D eigenvalue weighted by molar-refractivity contribution is 5.12. The van der Waals surface area contributed by atoms with Crippen LogP contribution in [0.3, 0.4) is 0 Å². The SMILES string of the molecule is CC(C)(O)CNC1C[C@@H]2C=C[C@H]1C2. The minimum atomic E-state index is -0.578. The van der Waals surface area contributed by atoms with Gasteiger partial charge in [-0.05, 0) is 38.5 Å². The minimum Gasteiger partial charge on any atom is -0.389 e. The van der Waals surface area contributed by atoms with Crippen molar-refractivity contribution in [1.82, 2.24) is 5.32 Å². The van der Waals surface area contributed by atoms with E-state index in [0.717, 1.165) is 11.8 Å². The fourth-order valence-corrected chi connectivity index (χ4v) is 2.40. The highest BCUT2D eigenvalue weighted by Gasteiger charge is 2.35. The third-order valence-electron chi connectivity index (χ3n) is 3.08. The molecule has 0 radical (unpaired) electrons. The predicted molar refractivity (Wildman–Crippen MR) is 53.4 cm³/mol. The summed E-state index contributed by atoms with van der Waals surface area (Å²) in [5, 5.41) is 13.0. The quantitative estimate of drug-likeness (QED) is 0.643. The molecule has 74 valence electrons. The van der Waals surface area contributed by atoms with Crippen molar-refractivity contribution in [3.63, 3.8) is 0 Å². The van der Waals surface area contributed by atoms with Gasteiger partial charge in [-0.15, -0.1) is 0 Å². The summed E-state index contributed by atoms with van der Waals surface area (Å²) in [5.41, 5.74) is -0.578. The fourth-order valence-electron chi connectivity index (χ4n) is 2.40. The molecule has 2 bridgehead atoms. The molecule has 0 aromatic rings. The maximum Gasteiger partial charge on any atom is 0.0715 e. The standard InChI is InChI=1S/C11H19NO/c1-11(2,13)7-12-10-6-8-3-4-9(10)5-8/h3-4,8-10,12-13H,5-7H2,1-2H3/t8-,9+,10?/m1/s1. The van der Waals surface area contributed by atoms with E-state index in [1.54, 1.807) is 0 Å². The van der Waals surface area contributed by atoms with Crippen molar-refractivity contribution in [2.75, 3.05) is 6.54 Å². The Kier molecular flexibility index (Phi) is 2.20. The van der Waals surface area contributed by atoms with Gasteiger partial charge < -0.3 is 10.4 Å². The summed E-state index contributed by atoms with van der Waals surface area (Å²) in [6.07, 6.45) is 7.25. The van der Waals surface area contributed by atoms with Crippen LogP contribution in [0.4, 0.5) is 0 Å². The Morgan fingerprint density at radius 3 is 2.62 bits per heavy atom. The maximum atomic E-state index is 9.57. The number of hydrogen-bond donors (Lipinski definition) is 2. The van der Waals surface area contributed by atoms with Crippen LogP contribution in [-0.2, 0) is 0 Å². The molecule has 2 aliphatic rings. The van der Waals surface area contributed by atoms with Crippen molar-refractivity contribution in [1.29, 1.82) is 0 Å². The van der Waals surface area contributed by atoms with E-state index in [2.05, 4.69) is 17.5 Å². The van der Waals surface area contributed by atoms with Crippen molar-refractivity contribution < 1.29 is 5.11 Å². The zero-order chi connectivity index (χ0) is 9.47. The Morgan fingerprint density at radius 2 is 2.15 bits per heavy atom. The summed E-state index contributed by atoms with van der Waals surface area (Å²) in [6, 6.07) is 0.612. The van der Waals surface area contributed by atoms with Crippen molar-refractivity contribution in [2.24, 2.45) is 11.8 Å². The lowest BCUT2D eigenvalue weighted by Gasteiger charge is -2.25. The van der Waals surface area contributed by atoms with Crippen LogP contribution in [-0.4, -0.2) is 23.3 Å². The van der Waals surface area contributed by atoms with Gasteiger partial charge in [0.2, 0.25) is 0 Å². The lowest BCUT2D eigenvalue weighted by molar-refractivity contribution is 0.0753. The topological polar surface area (TPSA) is 32.3 Å². The molecule has 1 saturated carbocycles. The molecule has 1 fully saturated rings. The molecule has 2 rings (SSSR count). The first-order valence-electron chi connectivity index (χ1n) is 5.19. The van der Waals surface area contributed by atoms with Gasteiger partial charge in [0.25, 0.3) is 0 Å². The molecule has 3 atom stereocenters. The molecule has 0 amide bonds. The number of allylic oxidation sites excluding steroid dienone is 1. The van der Waals surface area contributed by atoms with Gasteiger partial charge in [-0.25, -0.2) is 0 Å². The van der Waals surface area contributed by atoms with E-state index >= 15 is 0 Å². The van der Waals surface area contributed by atoms with E-state index in [9.17, 15) is 5.11 Å². The van der Waals surface area contributed by atoms with Crippen LogP contribution in [0.15, 0.2) is 12.2 Å². The third-order valence-corrected chi connectivity index (χ3v) is 3.08. The highest BCUT2D eigenvalue weighted by atomic mass is 16.3. The van der Waals surface area contributed by atoms with Gasteiger partial charge >= 0.3 is 0 Å². The van der Waals surface area contributed by atoms with Gasteiger partial charge in [0.15, 0.2) is 0 Å². The first kappa shape index (κ1) is 9.22. The van der Waals surface area contributed by atoms with E-state index in [1.165, 1.54) is 12.8 Å². The molecule has 2 aliphatic carbocycles. The van der Waals surface area contributed by atoms with Crippen LogP contribution in [0.1, 0.15) is 26.7 Å². The molecule has 2 N–H and O–H groups in total. The van der Waals surface area contributed by atoms with Crippen LogP contribution in [0.2, 0.25) is 0 Å². The Bertz CT molecular complexity index is 217. The van der Waals surface area contributed by atoms with E-state index in [-0.39, 0.29) is 0 Å². The number of aliphatic hydroxyl groups is 1. The van der Waals surface area contributed by atoms with Gasteiger partial charge in [0, 0.05) is 12.6 Å². The van der Waals surface area contributed by atoms with E-state index in [1.807, 2.05) is 13.8 Å². The molecule has 1 unspecified atom stereocenters. The van der Waals surface area contributed by atoms with E-state index in [4.69, 9.17) is 0 Å². The molecule has 0 aromatic carbocycles. The van der Waals surface area contributed by atoms with Crippen LogP contribution in [0.5, 0.6) is 0 Å². The molecule has 2 heteroatoms. The van der Waals surface area contributed by atoms with Crippen molar-refractivity contribution >= 4 is 0 Å². The summed E-state index contributed by atoms with van der Waals surface area (Å²) >= 11 is 0. The lowest BCUT2D eigenvalue weighted by Crippen LogP contribution is -2.42. The second-order valence-electron chi connectivity index (χ2n) is 5.08. The predicted octanol–water partition coefficient (Wildman–Crippen LogP) is 1.31. The number of fused-ring (bicyclic) bond motifs is 2. The Hall–Kier alpha value is -0.340. The minimum absolute atomic E-state index is 0.578.